The number of ether oxygens (including phenoxy) is 2. The Morgan fingerprint density at radius 3 is 2.68 bits per heavy atom. The third-order valence-corrected chi connectivity index (χ3v) is 4.65. The van der Waals surface area contributed by atoms with Gasteiger partial charge in [0.05, 0.1) is 5.60 Å². The lowest BCUT2D eigenvalue weighted by Gasteiger charge is -2.47. The van der Waals surface area contributed by atoms with Gasteiger partial charge in [0.2, 0.25) is 0 Å². The Morgan fingerprint density at radius 2 is 2.16 bits per heavy atom. The highest BCUT2D eigenvalue weighted by Gasteiger charge is 2.44. The molecule has 0 heterocycles. The summed E-state index contributed by atoms with van der Waals surface area (Å²) >= 11 is 0. The maximum atomic E-state index is 6.29. The number of likely N-dealkylation sites (N-methyl/N-ethyl adjacent to an activating group) is 1. The Bertz CT molecular complexity index is 243. The van der Waals surface area contributed by atoms with E-state index < -0.39 is 0 Å². The number of hydrogen-bond donors (Lipinski definition) is 1. The Kier molecular flexibility index (Phi) is 7.33. The van der Waals surface area contributed by atoms with Crippen LogP contribution >= 0.6 is 0 Å². The van der Waals surface area contributed by atoms with Crippen LogP contribution in [0.5, 0.6) is 0 Å². The van der Waals surface area contributed by atoms with Gasteiger partial charge in [0.25, 0.3) is 0 Å². The van der Waals surface area contributed by atoms with Crippen LogP contribution in [0.3, 0.4) is 0 Å². The molecule has 0 saturated heterocycles. The second-order valence-corrected chi connectivity index (χ2v) is 6.22. The highest BCUT2D eigenvalue weighted by atomic mass is 16.5. The smallest absolute Gasteiger partial charge is 0.0839 e. The van der Waals surface area contributed by atoms with Gasteiger partial charge in [0.15, 0.2) is 0 Å². The molecule has 0 aliphatic heterocycles. The quantitative estimate of drug-likeness (QED) is 0.735. The average Bonchev–Trinajstić information content (AvgIpc) is 2.37. The van der Waals surface area contributed by atoms with Gasteiger partial charge in [-0.2, -0.15) is 0 Å². The molecule has 3 heteroatoms. The molecule has 114 valence electrons. The summed E-state index contributed by atoms with van der Waals surface area (Å²) in [5.74, 6) is 1.34. The molecular weight excluding hydrogens is 238 g/mol. The fourth-order valence-corrected chi connectivity index (χ4v) is 3.87. The van der Waals surface area contributed by atoms with E-state index in [2.05, 4.69) is 33.1 Å². The zero-order valence-corrected chi connectivity index (χ0v) is 13.5. The van der Waals surface area contributed by atoms with Crippen molar-refractivity contribution < 1.29 is 9.47 Å². The van der Waals surface area contributed by atoms with Crippen molar-refractivity contribution in [2.45, 2.75) is 64.5 Å². The lowest BCUT2D eigenvalue weighted by molar-refractivity contribution is -0.111. The summed E-state index contributed by atoms with van der Waals surface area (Å²) in [6, 6.07) is 0.422. The summed E-state index contributed by atoms with van der Waals surface area (Å²) in [6.45, 7) is 8.44. The molecular formula is C16H33NO2. The minimum absolute atomic E-state index is 0.0221. The van der Waals surface area contributed by atoms with E-state index in [4.69, 9.17) is 9.47 Å². The van der Waals surface area contributed by atoms with Crippen LogP contribution in [0.2, 0.25) is 0 Å². The zero-order chi connectivity index (χ0) is 14.3. The first-order valence-corrected chi connectivity index (χ1v) is 7.89. The van der Waals surface area contributed by atoms with E-state index in [9.17, 15) is 0 Å². The lowest BCUT2D eigenvalue weighted by atomic mass is 9.71. The third kappa shape index (κ3) is 4.44. The van der Waals surface area contributed by atoms with Crippen LogP contribution in [0.25, 0.3) is 0 Å². The highest BCUT2D eigenvalue weighted by Crippen LogP contribution is 2.40. The second-order valence-electron chi connectivity index (χ2n) is 6.22. The van der Waals surface area contributed by atoms with Crippen molar-refractivity contribution >= 4 is 0 Å². The largest absolute Gasteiger partial charge is 0.385 e. The van der Waals surface area contributed by atoms with Crippen LogP contribution in [-0.2, 0) is 9.47 Å². The van der Waals surface area contributed by atoms with Gasteiger partial charge in [0.1, 0.15) is 0 Å². The van der Waals surface area contributed by atoms with Gasteiger partial charge in [-0.05, 0) is 45.1 Å². The van der Waals surface area contributed by atoms with Crippen LogP contribution < -0.4 is 5.32 Å². The van der Waals surface area contributed by atoms with Crippen LogP contribution in [0.1, 0.15) is 52.9 Å². The van der Waals surface area contributed by atoms with Crippen molar-refractivity contribution in [3.8, 4) is 0 Å². The molecule has 0 aromatic carbocycles. The maximum absolute atomic E-state index is 6.29. The van der Waals surface area contributed by atoms with Crippen molar-refractivity contribution in [1.29, 1.82) is 0 Å². The highest BCUT2D eigenvalue weighted by molar-refractivity contribution is 4.98. The molecule has 1 aliphatic carbocycles. The van der Waals surface area contributed by atoms with Gasteiger partial charge >= 0.3 is 0 Å². The van der Waals surface area contributed by atoms with Crippen LogP contribution in [-0.4, -0.2) is 39.0 Å². The zero-order valence-electron chi connectivity index (χ0n) is 13.5. The van der Waals surface area contributed by atoms with Crippen LogP contribution in [0, 0.1) is 11.8 Å². The normalized spacial score (nSPS) is 31.1. The lowest BCUT2D eigenvalue weighted by Crippen LogP contribution is -2.57. The topological polar surface area (TPSA) is 30.5 Å². The molecule has 3 nitrogen and oxygen atoms in total. The minimum Gasteiger partial charge on any atom is -0.385 e. The Balaban J connectivity index is 2.80. The monoisotopic (exact) mass is 271 g/mol. The number of rotatable bonds is 8. The molecule has 0 bridgehead atoms. The average molecular weight is 271 g/mol. The van der Waals surface area contributed by atoms with Crippen LogP contribution in [0.15, 0.2) is 0 Å². The van der Waals surface area contributed by atoms with E-state index in [0.717, 1.165) is 25.6 Å². The van der Waals surface area contributed by atoms with Gasteiger partial charge in [-0.15, -0.1) is 0 Å². The summed E-state index contributed by atoms with van der Waals surface area (Å²) in [7, 11) is 3.86. The first kappa shape index (κ1) is 16.9. The second kappa shape index (κ2) is 8.23. The molecule has 0 amide bonds. The predicted molar refractivity (Wildman–Crippen MR) is 80.5 cm³/mol. The van der Waals surface area contributed by atoms with E-state index in [1.165, 1.54) is 25.7 Å². The summed E-state index contributed by atoms with van der Waals surface area (Å²) in [6.07, 6.45) is 6.09. The predicted octanol–water partition coefficient (Wildman–Crippen LogP) is 3.23. The van der Waals surface area contributed by atoms with Crippen molar-refractivity contribution in [3.63, 3.8) is 0 Å². The van der Waals surface area contributed by atoms with Crippen molar-refractivity contribution in [1.82, 2.24) is 5.32 Å². The van der Waals surface area contributed by atoms with Crippen molar-refractivity contribution in [2.75, 3.05) is 27.4 Å². The number of hydrogen-bond acceptors (Lipinski definition) is 3. The molecule has 4 unspecified atom stereocenters. The van der Waals surface area contributed by atoms with E-state index in [1.807, 2.05) is 0 Å². The molecule has 0 radical (unpaired) electrons. The van der Waals surface area contributed by atoms with Gasteiger partial charge in [-0.1, -0.05) is 26.7 Å². The molecule has 1 aliphatic rings. The molecule has 0 aromatic heterocycles. The van der Waals surface area contributed by atoms with E-state index in [-0.39, 0.29) is 5.60 Å². The summed E-state index contributed by atoms with van der Waals surface area (Å²) in [4.78, 5) is 0. The first-order valence-electron chi connectivity index (χ1n) is 7.89. The van der Waals surface area contributed by atoms with Crippen molar-refractivity contribution in [2.24, 2.45) is 11.8 Å². The molecule has 1 saturated carbocycles. The molecule has 0 spiro atoms. The number of nitrogens with one attached hydrogen (secondary N) is 1. The first-order chi connectivity index (χ1) is 9.09. The van der Waals surface area contributed by atoms with Gasteiger partial charge in [0, 0.05) is 26.4 Å². The number of methoxy groups -OCH3 is 1. The SMILES string of the molecule is CCOC1(C(NC)C(C)CCOC)CCCC(C)C1. The molecule has 1 N–H and O–H groups in total. The Hall–Kier alpha value is -0.120. The molecule has 19 heavy (non-hydrogen) atoms. The van der Waals surface area contributed by atoms with E-state index in [0.29, 0.717) is 12.0 Å². The summed E-state index contributed by atoms with van der Waals surface area (Å²) in [5, 5.41) is 3.55. The molecule has 1 fully saturated rings. The molecule has 4 atom stereocenters. The summed E-state index contributed by atoms with van der Waals surface area (Å²) < 4.78 is 11.5. The fourth-order valence-electron chi connectivity index (χ4n) is 3.87. The third-order valence-electron chi connectivity index (χ3n) is 4.65. The van der Waals surface area contributed by atoms with Crippen LogP contribution in [0.4, 0.5) is 0 Å². The fraction of sp³-hybridized carbons (Fsp3) is 1.00. The maximum Gasteiger partial charge on any atom is 0.0839 e. The Labute approximate surface area is 119 Å². The van der Waals surface area contributed by atoms with Gasteiger partial charge in [-0.25, -0.2) is 0 Å². The van der Waals surface area contributed by atoms with E-state index >= 15 is 0 Å². The molecule has 1 rings (SSSR count). The molecule has 0 aromatic rings. The summed E-state index contributed by atoms with van der Waals surface area (Å²) in [5.41, 5.74) is 0.0221. The Morgan fingerprint density at radius 1 is 1.42 bits per heavy atom. The van der Waals surface area contributed by atoms with Crippen molar-refractivity contribution in [3.05, 3.63) is 0 Å². The minimum atomic E-state index is 0.0221. The van der Waals surface area contributed by atoms with E-state index in [1.54, 1.807) is 7.11 Å². The van der Waals surface area contributed by atoms with Gasteiger partial charge in [-0.3, -0.25) is 0 Å². The van der Waals surface area contributed by atoms with Gasteiger partial charge < -0.3 is 14.8 Å². The standard InChI is InChI=1S/C16H33NO2/c1-6-19-16(10-7-8-13(2)12-16)15(17-4)14(3)9-11-18-5/h13-15,17H,6-12H2,1-5H3.